The van der Waals surface area contributed by atoms with Gasteiger partial charge in [-0.15, -0.1) is 12.6 Å². The van der Waals surface area contributed by atoms with Crippen LogP contribution in [0.2, 0.25) is 0 Å². The maximum Gasteiger partial charge on any atom is 0.0166 e. The zero-order chi connectivity index (χ0) is 12.6. The average Bonchev–Trinajstić information content (AvgIpc) is 2.46. The number of thiol groups is 1. The zero-order valence-electron chi connectivity index (χ0n) is 10.6. The van der Waals surface area contributed by atoms with Crippen molar-refractivity contribution in [3.8, 4) is 0 Å². The molecule has 1 aliphatic carbocycles. The van der Waals surface area contributed by atoms with Crippen LogP contribution in [0.25, 0.3) is 5.57 Å². The second-order valence-electron chi connectivity index (χ2n) is 4.96. The van der Waals surface area contributed by atoms with Gasteiger partial charge in [0.1, 0.15) is 0 Å². The standard InChI is InChI=1S/C16H18S/c1-5-6-9-13-11(2)12-8-7-10-14(17)15(12)16(13,3)4/h5-10,17H,1H2,2-4H3/b9-6-. The van der Waals surface area contributed by atoms with E-state index in [-0.39, 0.29) is 5.41 Å². The first kappa shape index (κ1) is 12.3. The topological polar surface area (TPSA) is 0 Å². The van der Waals surface area contributed by atoms with Crippen LogP contribution in [-0.4, -0.2) is 0 Å². The molecule has 1 heteroatoms. The number of allylic oxidation sites excluding steroid dienone is 5. The quantitative estimate of drug-likeness (QED) is 0.560. The molecule has 0 spiro atoms. The van der Waals surface area contributed by atoms with E-state index in [4.69, 9.17) is 0 Å². The first-order valence-corrected chi connectivity index (χ1v) is 6.28. The molecule has 88 valence electrons. The van der Waals surface area contributed by atoms with Gasteiger partial charge in [0.15, 0.2) is 0 Å². The maximum absolute atomic E-state index is 4.60. The lowest BCUT2D eigenvalue weighted by molar-refractivity contribution is 0.640. The van der Waals surface area contributed by atoms with Crippen molar-refractivity contribution in [1.29, 1.82) is 0 Å². The first-order chi connectivity index (χ1) is 8.00. The average molecular weight is 242 g/mol. The molecule has 0 aromatic heterocycles. The van der Waals surface area contributed by atoms with Crippen LogP contribution < -0.4 is 0 Å². The normalized spacial score (nSPS) is 17.6. The highest BCUT2D eigenvalue weighted by atomic mass is 32.1. The van der Waals surface area contributed by atoms with E-state index in [0.29, 0.717) is 0 Å². The zero-order valence-corrected chi connectivity index (χ0v) is 11.5. The number of rotatable bonds is 2. The van der Waals surface area contributed by atoms with Crippen LogP contribution >= 0.6 is 12.6 Å². The van der Waals surface area contributed by atoms with Crippen molar-refractivity contribution >= 4 is 18.2 Å². The van der Waals surface area contributed by atoms with E-state index < -0.39 is 0 Å². The number of benzene rings is 1. The van der Waals surface area contributed by atoms with Crippen LogP contribution in [0.1, 0.15) is 31.9 Å². The van der Waals surface area contributed by atoms with Crippen molar-refractivity contribution < 1.29 is 0 Å². The fourth-order valence-corrected chi connectivity index (χ4v) is 3.24. The molecule has 0 N–H and O–H groups in total. The Morgan fingerprint density at radius 2 is 2.00 bits per heavy atom. The van der Waals surface area contributed by atoms with Crippen LogP contribution in [0.3, 0.4) is 0 Å². The van der Waals surface area contributed by atoms with E-state index in [1.54, 1.807) is 0 Å². The molecule has 1 aromatic carbocycles. The smallest absolute Gasteiger partial charge is 0.0166 e. The third-order valence-corrected chi connectivity index (χ3v) is 3.92. The van der Waals surface area contributed by atoms with Crippen LogP contribution in [0, 0.1) is 0 Å². The molecule has 0 amide bonds. The summed E-state index contributed by atoms with van der Waals surface area (Å²) < 4.78 is 0. The first-order valence-electron chi connectivity index (χ1n) is 5.83. The molecule has 1 aliphatic rings. The lowest BCUT2D eigenvalue weighted by Gasteiger charge is -2.24. The fourth-order valence-electron chi connectivity index (χ4n) is 2.76. The fraction of sp³-hybridized carbons (Fsp3) is 0.250. The molecule has 0 nitrogen and oxygen atoms in total. The van der Waals surface area contributed by atoms with E-state index in [2.05, 4.69) is 64.3 Å². The molecule has 0 heterocycles. The Hall–Kier alpha value is -1.21. The van der Waals surface area contributed by atoms with Gasteiger partial charge in [-0.05, 0) is 35.3 Å². The third-order valence-electron chi connectivity index (χ3n) is 3.55. The van der Waals surface area contributed by atoms with Gasteiger partial charge in [0.25, 0.3) is 0 Å². The van der Waals surface area contributed by atoms with Crippen molar-refractivity contribution in [2.24, 2.45) is 0 Å². The van der Waals surface area contributed by atoms with Crippen LogP contribution in [-0.2, 0) is 5.41 Å². The Bertz CT molecular complexity index is 530. The largest absolute Gasteiger partial charge is 0.143 e. The number of hydrogen-bond acceptors (Lipinski definition) is 1. The highest BCUT2D eigenvalue weighted by Crippen LogP contribution is 2.48. The molecular weight excluding hydrogens is 224 g/mol. The molecule has 0 fully saturated rings. The molecule has 0 unspecified atom stereocenters. The van der Waals surface area contributed by atoms with Crippen molar-refractivity contribution in [2.75, 3.05) is 0 Å². The molecule has 17 heavy (non-hydrogen) atoms. The van der Waals surface area contributed by atoms with E-state index >= 15 is 0 Å². The second kappa shape index (κ2) is 4.23. The second-order valence-corrected chi connectivity index (χ2v) is 5.44. The minimum atomic E-state index is 0.0251. The molecular formula is C16H18S. The minimum absolute atomic E-state index is 0.0251. The summed E-state index contributed by atoms with van der Waals surface area (Å²) in [5, 5.41) is 0. The highest BCUT2D eigenvalue weighted by Gasteiger charge is 2.35. The van der Waals surface area contributed by atoms with Gasteiger partial charge < -0.3 is 0 Å². The summed E-state index contributed by atoms with van der Waals surface area (Å²) in [6.07, 6.45) is 5.99. The van der Waals surface area contributed by atoms with E-state index in [9.17, 15) is 0 Å². The van der Waals surface area contributed by atoms with Crippen molar-refractivity contribution in [2.45, 2.75) is 31.1 Å². The van der Waals surface area contributed by atoms with Crippen molar-refractivity contribution in [3.05, 3.63) is 59.7 Å². The molecule has 0 saturated carbocycles. The summed E-state index contributed by atoms with van der Waals surface area (Å²) in [7, 11) is 0. The summed E-state index contributed by atoms with van der Waals surface area (Å²) in [6.45, 7) is 10.4. The van der Waals surface area contributed by atoms with Gasteiger partial charge in [-0.25, -0.2) is 0 Å². The summed E-state index contributed by atoms with van der Waals surface area (Å²) >= 11 is 4.60. The molecule has 1 aromatic rings. The van der Waals surface area contributed by atoms with E-state index in [1.165, 1.54) is 22.3 Å². The molecule has 0 aliphatic heterocycles. The van der Waals surface area contributed by atoms with Gasteiger partial charge in [-0.3, -0.25) is 0 Å². The monoisotopic (exact) mass is 242 g/mol. The Morgan fingerprint density at radius 3 is 2.59 bits per heavy atom. The van der Waals surface area contributed by atoms with Gasteiger partial charge in [0, 0.05) is 10.3 Å². The van der Waals surface area contributed by atoms with Gasteiger partial charge in [-0.2, -0.15) is 0 Å². The van der Waals surface area contributed by atoms with E-state index in [0.717, 1.165) is 4.90 Å². The Balaban J connectivity index is 2.67. The molecule has 0 radical (unpaired) electrons. The van der Waals surface area contributed by atoms with Gasteiger partial charge >= 0.3 is 0 Å². The molecule has 0 saturated heterocycles. The third kappa shape index (κ3) is 1.79. The van der Waals surface area contributed by atoms with Crippen molar-refractivity contribution in [1.82, 2.24) is 0 Å². The van der Waals surface area contributed by atoms with Crippen LogP contribution in [0.4, 0.5) is 0 Å². The lowest BCUT2D eigenvalue weighted by Crippen LogP contribution is -2.16. The predicted molar refractivity (Wildman–Crippen MR) is 78.7 cm³/mol. The maximum atomic E-state index is 4.60. The summed E-state index contributed by atoms with van der Waals surface area (Å²) in [5.41, 5.74) is 5.39. The predicted octanol–water partition coefficient (Wildman–Crippen LogP) is 4.78. The summed E-state index contributed by atoms with van der Waals surface area (Å²) in [4.78, 5) is 1.08. The lowest BCUT2D eigenvalue weighted by atomic mass is 9.81. The molecule has 0 bridgehead atoms. The SMILES string of the molecule is C=C/C=C\C1=C(C)c2cccc(S)c2C1(C)C. The number of hydrogen-bond donors (Lipinski definition) is 1. The van der Waals surface area contributed by atoms with E-state index in [1.807, 2.05) is 12.2 Å². The minimum Gasteiger partial charge on any atom is -0.143 e. The Morgan fingerprint density at radius 1 is 1.29 bits per heavy atom. The summed E-state index contributed by atoms with van der Waals surface area (Å²) in [6, 6.07) is 6.32. The van der Waals surface area contributed by atoms with Crippen LogP contribution in [0.5, 0.6) is 0 Å². The van der Waals surface area contributed by atoms with Crippen molar-refractivity contribution in [3.63, 3.8) is 0 Å². The summed E-state index contributed by atoms with van der Waals surface area (Å²) in [5.74, 6) is 0. The Labute approximate surface area is 109 Å². The van der Waals surface area contributed by atoms with Gasteiger partial charge in [0.05, 0.1) is 0 Å². The molecule has 2 rings (SSSR count). The number of fused-ring (bicyclic) bond motifs is 1. The molecule has 0 atom stereocenters. The van der Waals surface area contributed by atoms with Gasteiger partial charge in [-0.1, -0.05) is 50.8 Å². The Kier molecular flexibility index (Phi) is 3.05. The van der Waals surface area contributed by atoms with Crippen LogP contribution in [0.15, 0.2) is 53.5 Å². The van der Waals surface area contributed by atoms with Gasteiger partial charge in [0.2, 0.25) is 0 Å². The highest BCUT2D eigenvalue weighted by molar-refractivity contribution is 7.80.